The number of carbonyl (C=O) groups excluding carboxylic acids is 1. The molecule has 0 aliphatic carbocycles. The van der Waals surface area contributed by atoms with Crippen molar-refractivity contribution in [3.05, 3.63) is 28.7 Å². The van der Waals surface area contributed by atoms with Crippen LogP contribution in [-0.2, 0) is 4.79 Å². The number of anilines is 1. The molecule has 6 heteroatoms. The fourth-order valence-corrected chi connectivity index (χ4v) is 3.80. The van der Waals surface area contributed by atoms with Gasteiger partial charge in [-0.3, -0.25) is 4.79 Å². The van der Waals surface area contributed by atoms with E-state index in [0.717, 1.165) is 27.6 Å². The van der Waals surface area contributed by atoms with Crippen molar-refractivity contribution in [2.24, 2.45) is 0 Å². The second-order valence-electron chi connectivity index (χ2n) is 4.72. The molecule has 1 aliphatic heterocycles. The summed E-state index contributed by atoms with van der Waals surface area (Å²) in [5, 5.41) is 2.72. The summed E-state index contributed by atoms with van der Waals surface area (Å²) in [5.74, 6) is -0.0188. The van der Waals surface area contributed by atoms with E-state index in [0.29, 0.717) is 0 Å². The molecular weight excluding hydrogens is 356 g/mol. The van der Waals surface area contributed by atoms with Gasteiger partial charge in [0.1, 0.15) is 4.32 Å². The molecule has 1 N–H and O–H groups in total. The summed E-state index contributed by atoms with van der Waals surface area (Å²) in [4.78, 5) is 14.3. The summed E-state index contributed by atoms with van der Waals surface area (Å²) in [6.45, 7) is 3.93. The summed E-state index contributed by atoms with van der Waals surface area (Å²) < 4.78 is 1.78. The number of hydrogen-bond acceptors (Lipinski definition) is 3. The topological polar surface area (TPSA) is 32.3 Å². The maximum Gasteiger partial charge on any atom is 0.237 e. The van der Waals surface area contributed by atoms with Crippen LogP contribution >= 0.6 is 39.9 Å². The average Bonchev–Trinajstić information content (AvgIpc) is 2.92. The second kappa shape index (κ2) is 7.43. The molecule has 1 fully saturated rings. The quantitative estimate of drug-likeness (QED) is 0.815. The van der Waals surface area contributed by atoms with Crippen molar-refractivity contribution in [3.63, 3.8) is 0 Å². The zero-order valence-electron chi connectivity index (χ0n) is 11.3. The standard InChI is InChI=1S/C14H17BrN2OS2/c1-10(20-14(19)17-7-2-3-8-17)13(18)16-12-6-4-5-11(15)9-12/h4-6,9-10H,2-3,7-8H2,1H3,(H,16,18). The van der Waals surface area contributed by atoms with Crippen LogP contribution in [0, 0.1) is 0 Å². The molecule has 1 atom stereocenters. The van der Waals surface area contributed by atoms with E-state index in [4.69, 9.17) is 12.2 Å². The van der Waals surface area contributed by atoms with Crippen LogP contribution in [0.4, 0.5) is 5.69 Å². The molecule has 1 aromatic carbocycles. The highest BCUT2D eigenvalue weighted by atomic mass is 79.9. The van der Waals surface area contributed by atoms with E-state index in [1.54, 1.807) is 0 Å². The smallest absolute Gasteiger partial charge is 0.237 e. The van der Waals surface area contributed by atoms with Crippen molar-refractivity contribution < 1.29 is 4.79 Å². The van der Waals surface area contributed by atoms with Crippen LogP contribution in [0.3, 0.4) is 0 Å². The summed E-state index contributed by atoms with van der Waals surface area (Å²) in [6, 6.07) is 7.58. The van der Waals surface area contributed by atoms with Crippen molar-refractivity contribution in [2.45, 2.75) is 25.0 Å². The number of hydrogen-bond donors (Lipinski definition) is 1. The average molecular weight is 373 g/mol. The van der Waals surface area contributed by atoms with Gasteiger partial charge >= 0.3 is 0 Å². The number of nitrogens with zero attached hydrogens (tertiary/aromatic N) is 1. The molecular formula is C14H17BrN2OS2. The zero-order chi connectivity index (χ0) is 14.5. The molecule has 1 aromatic rings. The van der Waals surface area contributed by atoms with E-state index < -0.39 is 0 Å². The van der Waals surface area contributed by atoms with Crippen LogP contribution in [0.2, 0.25) is 0 Å². The lowest BCUT2D eigenvalue weighted by Gasteiger charge is -2.20. The van der Waals surface area contributed by atoms with Gasteiger partial charge in [-0.2, -0.15) is 0 Å². The first-order valence-corrected chi connectivity index (χ1v) is 8.66. The lowest BCUT2D eigenvalue weighted by Crippen LogP contribution is -2.29. The summed E-state index contributed by atoms with van der Waals surface area (Å²) in [6.07, 6.45) is 2.39. The van der Waals surface area contributed by atoms with Crippen LogP contribution in [-0.4, -0.2) is 33.5 Å². The molecule has 2 rings (SSSR count). The molecule has 20 heavy (non-hydrogen) atoms. The lowest BCUT2D eigenvalue weighted by molar-refractivity contribution is -0.115. The normalized spacial score (nSPS) is 16.0. The fourth-order valence-electron chi connectivity index (χ4n) is 1.99. The Kier molecular flexibility index (Phi) is 5.86. The van der Waals surface area contributed by atoms with Gasteiger partial charge < -0.3 is 10.2 Å². The van der Waals surface area contributed by atoms with Crippen molar-refractivity contribution >= 4 is 55.8 Å². The van der Waals surface area contributed by atoms with E-state index >= 15 is 0 Å². The Balaban J connectivity index is 1.86. The number of likely N-dealkylation sites (tertiary alicyclic amines) is 1. The van der Waals surface area contributed by atoms with Crippen molar-refractivity contribution in [1.29, 1.82) is 0 Å². The van der Waals surface area contributed by atoms with E-state index in [2.05, 4.69) is 26.1 Å². The van der Waals surface area contributed by atoms with Crippen molar-refractivity contribution in [3.8, 4) is 0 Å². The van der Waals surface area contributed by atoms with Gasteiger partial charge in [0, 0.05) is 23.2 Å². The lowest BCUT2D eigenvalue weighted by atomic mass is 10.3. The first-order chi connectivity index (χ1) is 9.56. The SMILES string of the molecule is CC(SC(=S)N1CCCC1)C(=O)Nc1cccc(Br)c1. The number of rotatable bonds is 3. The molecule has 1 unspecified atom stereocenters. The minimum absolute atomic E-state index is 0.0188. The van der Waals surface area contributed by atoms with Gasteiger partial charge in [-0.15, -0.1) is 0 Å². The predicted octanol–water partition coefficient (Wildman–Crippen LogP) is 3.89. The van der Waals surface area contributed by atoms with Gasteiger partial charge in [0.2, 0.25) is 5.91 Å². The van der Waals surface area contributed by atoms with Crippen molar-refractivity contribution in [2.75, 3.05) is 18.4 Å². The monoisotopic (exact) mass is 372 g/mol. The highest BCUT2D eigenvalue weighted by molar-refractivity contribution is 9.10. The Bertz CT molecular complexity index is 504. The van der Waals surface area contributed by atoms with Gasteiger partial charge in [0.05, 0.1) is 5.25 Å². The Hall–Kier alpha value is -0.590. The third-order valence-electron chi connectivity index (χ3n) is 3.10. The number of amides is 1. The number of halogens is 1. The van der Waals surface area contributed by atoms with Crippen LogP contribution in [0.25, 0.3) is 0 Å². The number of thioether (sulfide) groups is 1. The molecule has 0 aromatic heterocycles. The molecule has 1 heterocycles. The highest BCUT2D eigenvalue weighted by Crippen LogP contribution is 2.22. The van der Waals surface area contributed by atoms with E-state index in [-0.39, 0.29) is 11.2 Å². The first kappa shape index (κ1) is 15.8. The molecule has 0 spiro atoms. The van der Waals surface area contributed by atoms with Gasteiger partial charge in [-0.1, -0.05) is 46.0 Å². The Morgan fingerprint density at radius 1 is 1.45 bits per heavy atom. The maximum atomic E-state index is 12.1. The van der Waals surface area contributed by atoms with Gasteiger partial charge in [-0.25, -0.2) is 0 Å². The Labute approximate surface area is 137 Å². The van der Waals surface area contributed by atoms with Gasteiger partial charge in [0.25, 0.3) is 0 Å². The van der Waals surface area contributed by atoms with Crippen molar-refractivity contribution in [1.82, 2.24) is 4.90 Å². The maximum absolute atomic E-state index is 12.1. The Morgan fingerprint density at radius 3 is 2.80 bits per heavy atom. The van der Waals surface area contributed by atoms with Crippen LogP contribution < -0.4 is 5.32 Å². The van der Waals surface area contributed by atoms with Gasteiger partial charge in [0.15, 0.2) is 0 Å². The summed E-state index contributed by atoms with van der Waals surface area (Å²) >= 11 is 10.2. The fraction of sp³-hybridized carbons (Fsp3) is 0.429. The predicted molar refractivity (Wildman–Crippen MR) is 93.2 cm³/mol. The molecule has 108 valence electrons. The van der Waals surface area contributed by atoms with E-state index in [9.17, 15) is 4.79 Å². The minimum Gasteiger partial charge on any atom is -0.358 e. The molecule has 1 amide bonds. The molecule has 0 radical (unpaired) electrons. The van der Waals surface area contributed by atoms with Gasteiger partial charge in [-0.05, 0) is 38.0 Å². The third kappa shape index (κ3) is 4.46. The number of benzene rings is 1. The van der Waals surface area contributed by atoms with Crippen LogP contribution in [0.5, 0.6) is 0 Å². The highest BCUT2D eigenvalue weighted by Gasteiger charge is 2.21. The van der Waals surface area contributed by atoms with E-state index in [1.165, 1.54) is 24.6 Å². The van der Waals surface area contributed by atoms with Crippen LogP contribution in [0.1, 0.15) is 19.8 Å². The molecule has 1 saturated heterocycles. The second-order valence-corrected chi connectivity index (χ2v) is 7.61. The molecule has 3 nitrogen and oxygen atoms in total. The minimum atomic E-state index is -0.193. The molecule has 1 aliphatic rings. The molecule has 0 saturated carbocycles. The first-order valence-electron chi connectivity index (χ1n) is 6.58. The zero-order valence-corrected chi connectivity index (χ0v) is 14.5. The number of carbonyl (C=O) groups is 1. The number of nitrogens with one attached hydrogen (secondary N) is 1. The largest absolute Gasteiger partial charge is 0.358 e. The summed E-state index contributed by atoms with van der Waals surface area (Å²) in [5.41, 5.74) is 0.795. The molecule has 0 bridgehead atoms. The Morgan fingerprint density at radius 2 is 2.15 bits per heavy atom. The van der Waals surface area contributed by atoms with Crippen LogP contribution in [0.15, 0.2) is 28.7 Å². The van der Waals surface area contributed by atoms with E-state index in [1.807, 2.05) is 31.2 Å². The third-order valence-corrected chi connectivity index (χ3v) is 5.17. The number of thiocarbonyl (C=S) groups is 1. The summed E-state index contributed by atoms with van der Waals surface area (Å²) in [7, 11) is 0.